The van der Waals surface area contributed by atoms with Gasteiger partial charge in [0.05, 0.1) is 0 Å². The van der Waals surface area contributed by atoms with Crippen LogP contribution >= 0.6 is 11.3 Å². The van der Waals surface area contributed by atoms with Crippen LogP contribution in [0.3, 0.4) is 0 Å². The van der Waals surface area contributed by atoms with Gasteiger partial charge in [0, 0.05) is 29.6 Å². The van der Waals surface area contributed by atoms with Gasteiger partial charge in [0.15, 0.2) is 0 Å². The van der Waals surface area contributed by atoms with E-state index in [9.17, 15) is 9.59 Å². The Morgan fingerprint density at radius 2 is 2.10 bits per heavy atom. The van der Waals surface area contributed by atoms with Crippen LogP contribution in [-0.2, 0) is 11.2 Å². The van der Waals surface area contributed by atoms with E-state index < -0.39 is 0 Å². The van der Waals surface area contributed by atoms with Gasteiger partial charge in [-0.05, 0) is 35.6 Å². The average molecular weight is 302 g/mol. The molecule has 0 saturated heterocycles. The number of carbonyl (C=O) groups excluding carboxylic acids is 2. The molecule has 21 heavy (non-hydrogen) atoms. The summed E-state index contributed by atoms with van der Waals surface area (Å²) in [4.78, 5) is 23.5. The molecule has 0 radical (unpaired) electrons. The Bertz CT molecular complexity index is 608. The van der Waals surface area contributed by atoms with Crippen molar-refractivity contribution in [2.75, 3.05) is 11.9 Å². The first-order chi connectivity index (χ1) is 10.2. The second-order valence-corrected chi connectivity index (χ2v) is 5.40. The zero-order valence-electron chi connectivity index (χ0n) is 11.9. The lowest BCUT2D eigenvalue weighted by molar-refractivity contribution is -0.116. The Kier molecular flexibility index (Phi) is 5.51. The third-order valence-electron chi connectivity index (χ3n) is 3.04. The quantitative estimate of drug-likeness (QED) is 0.861. The summed E-state index contributed by atoms with van der Waals surface area (Å²) in [6.07, 6.45) is 1.19. The molecule has 0 atom stereocenters. The highest BCUT2D eigenvalue weighted by molar-refractivity contribution is 7.08. The Morgan fingerprint density at radius 1 is 1.24 bits per heavy atom. The second-order valence-electron chi connectivity index (χ2n) is 4.62. The largest absolute Gasteiger partial charge is 0.351 e. The van der Waals surface area contributed by atoms with Crippen LogP contribution in [0.1, 0.15) is 29.3 Å². The zero-order chi connectivity index (χ0) is 15.1. The highest BCUT2D eigenvalue weighted by Gasteiger charge is 2.07. The molecule has 1 aromatic carbocycles. The van der Waals surface area contributed by atoms with Crippen LogP contribution in [0.2, 0.25) is 0 Å². The highest BCUT2D eigenvalue weighted by atomic mass is 32.1. The minimum Gasteiger partial charge on any atom is -0.351 e. The Morgan fingerprint density at radius 3 is 2.81 bits per heavy atom. The Labute approximate surface area is 128 Å². The van der Waals surface area contributed by atoms with Crippen LogP contribution in [0.4, 0.5) is 5.69 Å². The van der Waals surface area contributed by atoms with Crippen molar-refractivity contribution in [2.45, 2.75) is 19.8 Å². The predicted molar refractivity (Wildman–Crippen MR) is 85.7 cm³/mol. The number of hydrogen-bond acceptors (Lipinski definition) is 3. The molecule has 0 aliphatic heterocycles. The van der Waals surface area contributed by atoms with E-state index in [1.165, 1.54) is 16.9 Å². The second kappa shape index (κ2) is 7.59. The van der Waals surface area contributed by atoms with Gasteiger partial charge < -0.3 is 10.6 Å². The van der Waals surface area contributed by atoms with Crippen LogP contribution in [0.5, 0.6) is 0 Å². The first-order valence-electron chi connectivity index (χ1n) is 6.88. The molecule has 2 amide bonds. The first-order valence-corrected chi connectivity index (χ1v) is 7.82. The number of carbonyl (C=O) groups is 2. The van der Waals surface area contributed by atoms with Crippen molar-refractivity contribution in [3.63, 3.8) is 0 Å². The predicted octanol–water partition coefficient (Wildman–Crippen LogP) is 3.07. The fourth-order valence-electron chi connectivity index (χ4n) is 1.88. The van der Waals surface area contributed by atoms with Crippen molar-refractivity contribution in [2.24, 2.45) is 0 Å². The molecule has 0 spiro atoms. The highest BCUT2D eigenvalue weighted by Crippen LogP contribution is 2.11. The maximum atomic E-state index is 11.8. The normalized spacial score (nSPS) is 10.1. The molecule has 0 saturated carbocycles. The SMILES string of the molecule is CCc1cccc(NC(=O)CCNC(=O)c2ccsc2)c1. The van der Waals surface area contributed by atoms with Crippen LogP contribution in [-0.4, -0.2) is 18.4 Å². The minimum atomic E-state index is -0.142. The van der Waals surface area contributed by atoms with Gasteiger partial charge in [-0.1, -0.05) is 19.1 Å². The smallest absolute Gasteiger partial charge is 0.252 e. The average Bonchev–Trinajstić information content (AvgIpc) is 3.01. The topological polar surface area (TPSA) is 58.2 Å². The molecule has 4 nitrogen and oxygen atoms in total. The lowest BCUT2D eigenvalue weighted by Crippen LogP contribution is -2.27. The molecule has 5 heteroatoms. The molecular weight excluding hydrogens is 284 g/mol. The number of thiophene rings is 1. The van der Waals surface area contributed by atoms with Crippen LogP contribution in [0, 0.1) is 0 Å². The number of hydrogen-bond donors (Lipinski definition) is 2. The minimum absolute atomic E-state index is 0.103. The third-order valence-corrected chi connectivity index (χ3v) is 3.72. The summed E-state index contributed by atoms with van der Waals surface area (Å²) in [5.41, 5.74) is 2.61. The summed E-state index contributed by atoms with van der Waals surface area (Å²) >= 11 is 1.47. The van der Waals surface area contributed by atoms with E-state index in [-0.39, 0.29) is 18.2 Å². The van der Waals surface area contributed by atoms with E-state index in [0.717, 1.165) is 12.1 Å². The maximum Gasteiger partial charge on any atom is 0.252 e. The number of benzene rings is 1. The van der Waals surface area contributed by atoms with E-state index in [1.807, 2.05) is 29.6 Å². The van der Waals surface area contributed by atoms with Gasteiger partial charge in [-0.3, -0.25) is 9.59 Å². The van der Waals surface area contributed by atoms with Gasteiger partial charge >= 0.3 is 0 Å². The molecule has 0 aliphatic carbocycles. The van der Waals surface area contributed by atoms with E-state index in [1.54, 1.807) is 11.4 Å². The van der Waals surface area contributed by atoms with Gasteiger partial charge in [0.25, 0.3) is 5.91 Å². The van der Waals surface area contributed by atoms with Crippen molar-refractivity contribution >= 4 is 28.8 Å². The summed E-state index contributed by atoms with van der Waals surface area (Å²) in [7, 11) is 0. The van der Waals surface area contributed by atoms with Crippen molar-refractivity contribution in [3.05, 3.63) is 52.2 Å². The molecule has 0 unspecified atom stereocenters. The number of rotatable bonds is 6. The molecule has 2 aromatic rings. The fraction of sp³-hybridized carbons (Fsp3) is 0.250. The van der Waals surface area contributed by atoms with Crippen LogP contribution in [0.15, 0.2) is 41.1 Å². The molecule has 110 valence electrons. The molecule has 0 fully saturated rings. The lowest BCUT2D eigenvalue weighted by atomic mass is 10.1. The number of nitrogens with one attached hydrogen (secondary N) is 2. The van der Waals surface area contributed by atoms with E-state index >= 15 is 0 Å². The summed E-state index contributed by atoms with van der Waals surface area (Å²) in [6, 6.07) is 9.53. The Balaban J connectivity index is 1.76. The fourth-order valence-corrected chi connectivity index (χ4v) is 2.51. The van der Waals surface area contributed by atoms with E-state index in [2.05, 4.69) is 17.6 Å². The lowest BCUT2D eigenvalue weighted by Gasteiger charge is -2.07. The van der Waals surface area contributed by atoms with Crippen LogP contribution < -0.4 is 10.6 Å². The van der Waals surface area contributed by atoms with Crippen LogP contribution in [0.25, 0.3) is 0 Å². The number of amides is 2. The summed E-state index contributed by atoms with van der Waals surface area (Å²) in [6.45, 7) is 2.40. The summed E-state index contributed by atoms with van der Waals surface area (Å²) in [5, 5.41) is 9.20. The van der Waals surface area contributed by atoms with Crippen molar-refractivity contribution in [3.8, 4) is 0 Å². The molecule has 0 aliphatic rings. The van der Waals surface area contributed by atoms with Gasteiger partial charge in [-0.25, -0.2) is 0 Å². The van der Waals surface area contributed by atoms with Crippen molar-refractivity contribution in [1.82, 2.24) is 5.32 Å². The van der Waals surface area contributed by atoms with E-state index in [4.69, 9.17) is 0 Å². The van der Waals surface area contributed by atoms with Crippen molar-refractivity contribution < 1.29 is 9.59 Å². The number of aryl methyl sites for hydroxylation is 1. The van der Waals surface area contributed by atoms with Gasteiger partial charge in [-0.2, -0.15) is 11.3 Å². The maximum absolute atomic E-state index is 11.8. The number of anilines is 1. The molecule has 2 rings (SSSR count). The molecule has 1 heterocycles. The molecule has 0 bridgehead atoms. The standard InChI is InChI=1S/C16H18N2O2S/c1-2-12-4-3-5-14(10-12)18-15(19)6-8-17-16(20)13-7-9-21-11-13/h3-5,7,9-11H,2,6,8H2,1H3,(H,17,20)(H,18,19). The zero-order valence-corrected chi connectivity index (χ0v) is 12.7. The first kappa shape index (κ1) is 15.3. The van der Waals surface area contributed by atoms with Gasteiger partial charge in [-0.15, -0.1) is 0 Å². The summed E-state index contributed by atoms with van der Waals surface area (Å²) in [5.74, 6) is -0.245. The molecule has 1 aromatic heterocycles. The van der Waals surface area contributed by atoms with Crippen molar-refractivity contribution in [1.29, 1.82) is 0 Å². The molecule has 2 N–H and O–H groups in total. The van der Waals surface area contributed by atoms with E-state index in [0.29, 0.717) is 12.1 Å². The third kappa shape index (κ3) is 4.72. The molecular formula is C16H18N2O2S. The monoisotopic (exact) mass is 302 g/mol. The van der Waals surface area contributed by atoms with Gasteiger partial charge in [0.1, 0.15) is 0 Å². The summed E-state index contributed by atoms with van der Waals surface area (Å²) < 4.78 is 0. The Hall–Kier alpha value is -2.14. The van der Waals surface area contributed by atoms with Gasteiger partial charge in [0.2, 0.25) is 5.91 Å².